The standard InChI is InChI=1S/C14H24O6/c1-13(2,3)14(4,5)12(18)20-9-8-19-11(17)7-6-10(15)16/h6-9H2,1-5H3,(H,15,16). The zero-order valence-corrected chi connectivity index (χ0v) is 12.8. The molecule has 0 aliphatic heterocycles. The van der Waals surface area contributed by atoms with Gasteiger partial charge in [-0.25, -0.2) is 0 Å². The van der Waals surface area contributed by atoms with Crippen LogP contribution in [0.3, 0.4) is 0 Å². The van der Waals surface area contributed by atoms with Crippen LogP contribution in [0.1, 0.15) is 47.5 Å². The first kappa shape index (κ1) is 18.4. The molecule has 0 bridgehead atoms. The molecule has 0 aliphatic carbocycles. The summed E-state index contributed by atoms with van der Waals surface area (Å²) in [6, 6.07) is 0. The third-order valence-electron chi connectivity index (χ3n) is 3.51. The van der Waals surface area contributed by atoms with Crippen molar-refractivity contribution in [3.63, 3.8) is 0 Å². The first-order chi connectivity index (χ1) is 8.98. The molecule has 0 spiro atoms. The van der Waals surface area contributed by atoms with Crippen molar-refractivity contribution >= 4 is 17.9 Å². The van der Waals surface area contributed by atoms with E-state index in [1.165, 1.54) is 0 Å². The van der Waals surface area contributed by atoms with Crippen molar-refractivity contribution in [3.05, 3.63) is 0 Å². The Labute approximate surface area is 119 Å². The highest BCUT2D eigenvalue weighted by atomic mass is 16.6. The van der Waals surface area contributed by atoms with Gasteiger partial charge in [0.15, 0.2) is 0 Å². The Morgan fingerprint density at radius 3 is 1.85 bits per heavy atom. The van der Waals surface area contributed by atoms with E-state index in [0.29, 0.717) is 0 Å². The zero-order chi connectivity index (χ0) is 16.0. The summed E-state index contributed by atoms with van der Waals surface area (Å²) in [5.41, 5.74) is -0.900. The third-order valence-corrected chi connectivity index (χ3v) is 3.51. The van der Waals surface area contributed by atoms with Crippen LogP contribution in [0.2, 0.25) is 0 Å². The molecule has 0 aliphatic rings. The van der Waals surface area contributed by atoms with E-state index < -0.39 is 17.4 Å². The number of aliphatic carboxylic acids is 1. The molecule has 20 heavy (non-hydrogen) atoms. The molecule has 0 aromatic carbocycles. The lowest BCUT2D eigenvalue weighted by atomic mass is 9.69. The molecule has 0 rings (SSSR count). The number of ether oxygens (including phenoxy) is 2. The molecule has 6 heteroatoms. The summed E-state index contributed by atoms with van der Waals surface area (Å²) in [7, 11) is 0. The Balaban J connectivity index is 3.99. The van der Waals surface area contributed by atoms with E-state index in [2.05, 4.69) is 0 Å². The topological polar surface area (TPSA) is 89.9 Å². The predicted octanol–water partition coefficient (Wildman–Crippen LogP) is 2.01. The minimum Gasteiger partial charge on any atom is -0.481 e. The van der Waals surface area contributed by atoms with Gasteiger partial charge in [0.25, 0.3) is 0 Å². The van der Waals surface area contributed by atoms with Gasteiger partial charge in [0.1, 0.15) is 13.2 Å². The maximum absolute atomic E-state index is 11.9. The second-order valence-corrected chi connectivity index (χ2v) is 6.13. The molecule has 116 valence electrons. The Bertz CT molecular complexity index is 364. The Kier molecular flexibility index (Phi) is 6.68. The van der Waals surface area contributed by atoms with Gasteiger partial charge in [-0.3, -0.25) is 14.4 Å². The van der Waals surface area contributed by atoms with E-state index >= 15 is 0 Å². The van der Waals surface area contributed by atoms with E-state index in [4.69, 9.17) is 14.6 Å². The fourth-order valence-electron chi connectivity index (χ4n) is 1.06. The van der Waals surface area contributed by atoms with Crippen molar-refractivity contribution in [2.45, 2.75) is 47.5 Å². The molecule has 0 radical (unpaired) electrons. The van der Waals surface area contributed by atoms with Gasteiger partial charge in [-0.1, -0.05) is 20.8 Å². The molecular weight excluding hydrogens is 264 g/mol. The summed E-state index contributed by atoms with van der Waals surface area (Å²) < 4.78 is 9.84. The lowest BCUT2D eigenvalue weighted by molar-refractivity contribution is -0.164. The molecule has 0 aromatic rings. The molecular formula is C14H24O6. The second-order valence-electron chi connectivity index (χ2n) is 6.13. The fourth-order valence-corrected chi connectivity index (χ4v) is 1.06. The summed E-state index contributed by atoms with van der Waals surface area (Å²) in [5, 5.41) is 8.40. The average molecular weight is 288 g/mol. The molecule has 6 nitrogen and oxygen atoms in total. The lowest BCUT2D eigenvalue weighted by Crippen LogP contribution is -2.39. The van der Waals surface area contributed by atoms with Gasteiger partial charge in [0, 0.05) is 0 Å². The van der Waals surface area contributed by atoms with Crippen LogP contribution in [0, 0.1) is 10.8 Å². The van der Waals surface area contributed by atoms with Gasteiger partial charge in [-0.2, -0.15) is 0 Å². The quantitative estimate of drug-likeness (QED) is 0.569. The van der Waals surface area contributed by atoms with E-state index in [0.717, 1.165) is 0 Å². The molecule has 0 heterocycles. The second kappa shape index (κ2) is 7.26. The van der Waals surface area contributed by atoms with E-state index in [-0.39, 0.29) is 37.4 Å². The lowest BCUT2D eigenvalue weighted by Gasteiger charge is -2.36. The normalized spacial score (nSPS) is 11.8. The van der Waals surface area contributed by atoms with Gasteiger partial charge >= 0.3 is 17.9 Å². The number of carboxylic acids is 1. The van der Waals surface area contributed by atoms with Crippen molar-refractivity contribution in [2.75, 3.05) is 13.2 Å². The number of carboxylic acid groups (broad SMARTS) is 1. The Morgan fingerprint density at radius 1 is 0.900 bits per heavy atom. The SMILES string of the molecule is CC(C)(C)C(C)(C)C(=O)OCCOC(=O)CCC(=O)O. The number of carbonyl (C=O) groups is 3. The van der Waals surface area contributed by atoms with Crippen molar-refractivity contribution < 1.29 is 29.0 Å². The summed E-state index contributed by atoms with van der Waals surface area (Å²) in [4.78, 5) is 33.3. The molecule has 0 unspecified atom stereocenters. The highest BCUT2D eigenvalue weighted by Crippen LogP contribution is 2.38. The molecule has 0 amide bonds. The van der Waals surface area contributed by atoms with Crippen LogP contribution in [0.25, 0.3) is 0 Å². The molecule has 0 saturated heterocycles. The predicted molar refractivity (Wildman–Crippen MR) is 72.0 cm³/mol. The molecule has 0 atom stereocenters. The van der Waals surface area contributed by atoms with Crippen LogP contribution in [0.4, 0.5) is 0 Å². The maximum atomic E-state index is 11.9. The highest BCUT2D eigenvalue weighted by Gasteiger charge is 2.41. The number of carbonyl (C=O) groups excluding carboxylic acids is 2. The van der Waals surface area contributed by atoms with Gasteiger partial charge in [-0.15, -0.1) is 0 Å². The molecule has 0 aromatic heterocycles. The van der Waals surface area contributed by atoms with Gasteiger partial charge < -0.3 is 14.6 Å². The van der Waals surface area contributed by atoms with Crippen LogP contribution < -0.4 is 0 Å². The number of rotatable bonds is 7. The molecule has 1 N–H and O–H groups in total. The summed E-state index contributed by atoms with van der Waals surface area (Å²) in [5.74, 6) is -2.02. The van der Waals surface area contributed by atoms with Crippen molar-refractivity contribution in [2.24, 2.45) is 10.8 Å². The first-order valence-corrected chi connectivity index (χ1v) is 6.53. The summed E-state index contributed by atoms with van der Waals surface area (Å²) in [6.45, 7) is 9.34. The van der Waals surface area contributed by atoms with E-state index in [1.54, 1.807) is 13.8 Å². The van der Waals surface area contributed by atoms with Crippen LogP contribution in [0.5, 0.6) is 0 Å². The van der Waals surface area contributed by atoms with Crippen LogP contribution >= 0.6 is 0 Å². The first-order valence-electron chi connectivity index (χ1n) is 6.53. The van der Waals surface area contributed by atoms with E-state index in [9.17, 15) is 14.4 Å². The van der Waals surface area contributed by atoms with Crippen molar-refractivity contribution in [1.82, 2.24) is 0 Å². The number of hydrogen-bond donors (Lipinski definition) is 1. The average Bonchev–Trinajstić information content (AvgIpc) is 2.30. The highest BCUT2D eigenvalue weighted by molar-refractivity contribution is 5.77. The van der Waals surface area contributed by atoms with Crippen molar-refractivity contribution in [1.29, 1.82) is 0 Å². The Hall–Kier alpha value is -1.59. The van der Waals surface area contributed by atoms with Crippen LogP contribution in [-0.4, -0.2) is 36.2 Å². The molecule has 0 fully saturated rings. The van der Waals surface area contributed by atoms with Gasteiger partial charge in [0.2, 0.25) is 0 Å². The smallest absolute Gasteiger partial charge is 0.312 e. The third kappa shape index (κ3) is 6.04. The monoisotopic (exact) mass is 288 g/mol. The number of hydrogen-bond acceptors (Lipinski definition) is 5. The number of esters is 2. The maximum Gasteiger partial charge on any atom is 0.312 e. The minimum absolute atomic E-state index is 0.0306. The summed E-state index contributed by atoms with van der Waals surface area (Å²) in [6.07, 6.45) is -0.452. The Morgan fingerprint density at radius 2 is 1.40 bits per heavy atom. The van der Waals surface area contributed by atoms with Gasteiger partial charge in [-0.05, 0) is 19.3 Å². The van der Waals surface area contributed by atoms with E-state index in [1.807, 2.05) is 20.8 Å². The zero-order valence-electron chi connectivity index (χ0n) is 12.8. The largest absolute Gasteiger partial charge is 0.481 e. The van der Waals surface area contributed by atoms with Crippen LogP contribution in [-0.2, 0) is 23.9 Å². The summed E-state index contributed by atoms with van der Waals surface area (Å²) >= 11 is 0. The molecule has 0 saturated carbocycles. The fraction of sp³-hybridized carbons (Fsp3) is 0.786. The van der Waals surface area contributed by atoms with Crippen molar-refractivity contribution in [3.8, 4) is 0 Å². The minimum atomic E-state index is -1.06. The van der Waals surface area contributed by atoms with Crippen LogP contribution in [0.15, 0.2) is 0 Å². The van der Waals surface area contributed by atoms with Gasteiger partial charge in [0.05, 0.1) is 18.3 Å².